The van der Waals surface area contributed by atoms with E-state index in [9.17, 15) is 10.2 Å². The van der Waals surface area contributed by atoms with Gasteiger partial charge in [0.2, 0.25) is 0 Å². The van der Waals surface area contributed by atoms with E-state index >= 15 is 0 Å². The predicted octanol–water partition coefficient (Wildman–Crippen LogP) is 3.84. The van der Waals surface area contributed by atoms with Gasteiger partial charge in [-0.2, -0.15) is 0 Å². The molecular formula is C24H30O4. The molecule has 2 saturated carbocycles. The summed E-state index contributed by atoms with van der Waals surface area (Å²) in [4.78, 5) is 0. The molecule has 0 aromatic heterocycles. The van der Waals surface area contributed by atoms with Gasteiger partial charge in [0, 0.05) is 0 Å². The molecule has 4 nitrogen and oxygen atoms in total. The maximum atomic E-state index is 10.4. The van der Waals surface area contributed by atoms with Crippen LogP contribution in [-0.4, -0.2) is 34.6 Å². The molecule has 2 aliphatic rings. The third-order valence-electron chi connectivity index (χ3n) is 5.45. The number of ether oxygens (including phenoxy) is 2. The quantitative estimate of drug-likeness (QED) is 0.777. The molecule has 0 amide bonds. The molecule has 2 fully saturated rings. The maximum absolute atomic E-state index is 10.4. The van der Waals surface area contributed by atoms with Crippen molar-refractivity contribution in [2.24, 2.45) is 0 Å². The average Bonchev–Trinajstić information content (AvgIpc) is 2.71. The Morgan fingerprint density at radius 2 is 1.07 bits per heavy atom. The van der Waals surface area contributed by atoms with E-state index < -0.39 is 11.2 Å². The topological polar surface area (TPSA) is 58.9 Å². The van der Waals surface area contributed by atoms with E-state index in [4.69, 9.17) is 9.47 Å². The summed E-state index contributed by atoms with van der Waals surface area (Å²) < 4.78 is 11.5. The SMILES string of the molecule is OC1(C#CCOc2ccccc2OCC#CC2(O)CCCCC2)CCCCC1. The van der Waals surface area contributed by atoms with Gasteiger partial charge < -0.3 is 19.7 Å². The first-order valence-electron chi connectivity index (χ1n) is 10.4. The zero-order valence-electron chi connectivity index (χ0n) is 16.5. The Hall–Kier alpha value is -2.14. The number of para-hydroxylation sites is 2. The van der Waals surface area contributed by atoms with Crippen LogP contribution in [0, 0.1) is 23.7 Å². The molecule has 0 aliphatic heterocycles. The lowest BCUT2D eigenvalue weighted by Gasteiger charge is -2.26. The van der Waals surface area contributed by atoms with Crippen LogP contribution < -0.4 is 9.47 Å². The lowest BCUT2D eigenvalue weighted by atomic mass is 9.85. The van der Waals surface area contributed by atoms with Crippen LogP contribution in [0.4, 0.5) is 0 Å². The number of aliphatic hydroxyl groups is 2. The molecule has 0 spiro atoms. The summed E-state index contributed by atoms with van der Waals surface area (Å²) in [5.41, 5.74) is -1.71. The molecule has 1 aromatic rings. The van der Waals surface area contributed by atoms with Gasteiger partial charge in [-0.25, -0.2) is 0 Å². The summed E-state index contributed by atoms with van der Waals surface area (Å²) in [5.74, 6) is 13.0. The van der Waals surface area contributed by atoms with Gasteiger partial charge in [0.15, 0.2) is 11.5 Å². The molecule has 3 rings (SSSR count). The number of rotatable bonds is 4. The van der Waals surface area contributed by atoms with Gasteiger partial charge in [-0.3, -0.25) is 0 Å². The summed E-state index contributed by atoms with van der Waals surface area (Å²) in [7, 11) is 0. The van der Waals surface area contributed by atoms with Crippen LogP contribution in [0.15, 0.2) is 24.3 Å². The molecule has 1 aromatic carbocycles. The van der Waals surface area contributed by atoms with Crippen molar-refractivity contribution in [3.8, 4) is 35.2 Å². The van der Waals surface area contributed by atoms with Crippen LogP contribution in [0.3, 0.4) is 0 Å². The van der Waals surface area contributed by atoms with E-state index in [1.54, 1.807) is 0 Å². The van der Waals surface area contributed by atoms with Crippen LogP contribution >= 0.6 is 0 Å². The van der Waals surface area contributed by atoms with E-state index in [2.05, 4.69) is 23.7 Å². The van der Waals surface area contributed by atoms with Crippen LogP contribution in [-0.2, 0) is 0 Å². The first-order chi connectivity index (χ1) is 13.6. The molecule has 0 saturated heterocycles. The summed E-state index contributed by atoms with van der Waals surface area (Å²) >= 11 is 0. The average molecular weight is 383 g/mol. The summed E-state index contributed by atoms with van der Waals surface area (Å²) in [6, 6.07) is 7.41. The summed E-state index contributed by atoms with van der Waals surface area (Å²) in [6.45, 7) is 0.405. The molecule has 0 heterocycles. The smallest absolute Gasteiger partial charge is 0.162 e. The van der Waals surface area contributed by atoms with Crippen molar-refractivity contribution in [2.75, 3.05) is 13.2 Å². The van der Waals surface area contributed by atoms with Crippen molar-refractivity contribution in [3.63, 3.8) is 0 Å². The largest absolute Gasteiger partial charge is 0.477 e. The Labute approximate surface area is 168 Å². The van der Waals surface area contributed by atoms with Gasteiger partial charge in [0.25, 0.3) is 0 Å². The Morgan fingerprint density at radius 1 is 0.679 bits per heavy atom. The third kappa shape index (κ3) is 6.20. The standard InChI is InChI=1S/C24H30O4/c25-23(13-5-1-6-14-23)17-9-19-27-21-11-3-4-12-22(21)28-20-10-18-24(26)15-7-2-8-16-24/h3-4,11-12,25-26H,1-2,5-8,13-16,19-20H2. The normalized spacial score (nSPS) is 20.1. The minimum Gasteiger partial charge on any atom is -0.477 e. The van der Waals surface area contributed by atoms with Crippen LogP contribution in [0.25, 0.3) is 0 Å². The molecule has 4 heteroatoms. The third-order valence-corrected chi connectivity index (χ3v) is 5.45. The van der Waals surface area contributed by atoms with Crippen LogP contribution in [0.5, 0.6) is 11.5 Å². The van der Waals surface area contributed by atoms with Crippen molar-refractivity contribution >= 4 is 0 Å². The van der Waals surface area contributed by atoms with Gasteiger partial charge in [0.05, 0.1) is 0 Å². The Bertz CT molecular complexity index is 685. The van der Waals surface area contributed by atoms with Gasteiger partial charge in [0.1, 0.15) is 24.4 Å². The zero-order valence-corrected chi connectivity index (χ0v) is 16.5. The fourth-order valence-electron chi connectivity index (χ4n) is 3.84. The van der Waals surface area contributed by atoms with Gasteiger partial charge in [-0.05, 0) is 63.5 Å². The number of hydrogen-bond acceptors (Lipinski definition) is 4. The molecule has 2 aliphatic carbocycles. The second kappa shape index (κ2) is 9.87. The van der Waals surface area contributed by atoms with Crippen molar-refractivity contribution < 1.29 is 19.7 Å². The zero-order chi connectivity index (χ0) is 19.7. The predicted molar refractivity (Wildman–Crippen MR) is 109 cm³/mol. The van der Waals surface area contributed by atoms with Crippen molar-refractivity contribution in [3.05, 3.63) is 24.3 Å². The fraction of sp³-hybridized carbons (Fsp3) is 0.583. The summed E-state index contributed by atoms with van der Waals surface area (Å²) in [5, 5.41) is 20.8. The highest BCUT2D eigenvalue weighted by molar-refractivity contribution is 5.40. The minimum absolute atomic E-state index is 0.202. The number of benzene rings is 1. The second-order valence-corrected chi connectivity index (χ2v) is 7.81. The fourth-order valence-corrected chi connectivity index (χ4v) is 3.84. The monoisotopic (exact) mass is 382 g/mol. The Morgan fingerprint density at radius 3 is 1.46 bits per heavy atom. The molecule has 0 unspecified atom stereocenters. The highest BCUT2D eigenvalue weighted by Crippen LogP contribution is 2.29. The highest BCUT2D eigenvalue weighted by Gasteiger charge is 2.27. The maximum Gasteiger partial charge on any atom is 0.162 e. The molecule has 0 bridgehead atoms. The minimum atomic E-state index is -0.855. The van der Waals surface area contributed by atoms with Gasteiger partial charge in [-0.1, -0.05) is 48.7 Å². The first-order valence-corrected chi connectivity index (χ1v) is 10.4. The van der Waals surface area contributed by atoms with E-state index in [0.717, 1.165) is 51.4 Å². The van der Waals surface area contributed by atoms with Crippen molar-refractivity contribution in [1.82, 2.24) is 0 Å². The van der Waals surface area contributed by atoms with Crippen LogP contribution in [0.2, 0.25) is 0 Å². The second-order valence-electron chi connectivity index (χ2n) is 7.81. The highest BCUT2D eigenvalue weighted by atomic mass is 16.5. The Balaban J connectivity index is 1.51. The van der Waals surface area contributed by atoms with Gasteiger partial charge in [-0.15, -0.1) is 0 Å². The molecule has 2 N–H and O–H groups in total. The first kappa shape index (κ1) is 20.6. The van der Waals surface area contributed by atoms with E-state index in [0.29, 0.717) is 11.5 Å². The molecule has 0 radical (unpaired) electrons. The lowest BCUT2D eigenvalue weighted by Crippen LogP contribution is -2.29. The van der Waals surface area contributed by atoms with Gasteiger partial charge >= 0.3 is 0 Å². The molecular weight excluding hydrogens is 352 g/mol. The van der Waals surface area contributed by atoms with Crippen molar-refractivity contribution in [2.45, 2.75) is 75.4 Å². The van der Waals surface area contributed by atoms with Crippen molar-refractivity contribution in [1.29, 1.82) is 0 Å². The van der Waals surface area contributed by atoms with E-state index in [-0.39, 0.29) is 13.2 Å². The molecule has 150 valence electrons. The molecule has 28 heavy (non-hydrogen) atoms. The van der Waals surface area contributed by atoms with E-state index in [1.165, 1.54) is 12.8 Å². The number of hydrogen-bond donors (Lipinski definition) is 2. The van der Waals surface area contributed by atoms with E-state index in [1.807, 2.05) is 24.3 Å². The van der Waals surface area contributed by atoms with Crippen LogP contribution in [0.1, 0.15) is 64.2 Å². The Kier molecular flexibility index (Phi) is 7.26. The molecule has 0 atom stereocenters. The lowest BCUT2D eigenvalue weighted by molar-refractivity contribution is 0.0604. The summed E-state index contributed by atoms with van der Waals surface area (Å²) in [6.07, 6.45) is 9.41.